The highest BCUT2D eigenvalue weighted by Crippen LogP contribution is 2.32. The minimum Gasteiger partial charge on any atom is -0.394 e. The minimum absolute atomic E-state index is 0.302. The Hall–Kier alpha value is -2.70. The lowest BCUT2D eigenvalue weighted by Crippen LogP contribution is -2.56. The Morgan fingerprint density at radius 1 is 1.42 bits per heavy atom. The normalized spacial score (nSPS) is 16.3. The van der Waals surface area contributed by atoms with Gasteiger partial charge < -0.3 is 15.3 Å². The first-order chi connectivity index (χ1) is 12.4. The fourth-order valence-electron chi connectivity index (χ4n) is 2.55. The summed E-state index contributed by atoms with van der Waals surface area (Å²) >= 11 is 1.23. The van der Waals surface area contributed by atoms with Gasteiger partial charge in [-0.05, 0) is 23.6 Å². The predicted molar refractivity (Wildman–Crippen MR) is 95.6 cm³/mol. The number of carbonyl (C=O) groups excluding carboxylic acids is 1. The van der Waals surface area contributed by atoms with E-state index >= 15 is 0 Å². The van der Waals surface area contributed by atoms with Gasteiger partial charge in [-0.1, -0.05) is 12.1 Å². The Kier molecular flexibility index (Phi) is 5.06. The average Bonchev–Trinajstić information content (AvgIpc) is 3.05. The molecule has 0 radical (unpaired) electrons. The lowest BCUT2D eigenvalue weighted by molar-refractivity contribution is -0.0262. The standard InChI is InChI=1S/C17H16F2N4O2S/c1-2-15-21-14(8-26-15)22-16(25)20-13(7-24)11-3-5-12(6-4-11)23-9-17(18,19)10-23/h1,3-6,8,13,24H,7,9-10H2,(H2,20,22,25). The van der Waals surface area contributed by atoms with Gasteiger partial charge in [0.1, 0.15) is 5.82 Å². The van der Waals surface area contributed by atoms with E-state index in [-0.39, 0.29) is 19.7 Å². The quantitative estimate of drug-likeness (QED) is 0.699. The Morgan fingerprint density at radius 3 is 2.65 bits per heavy atom. The third-order valence-electron chi connectivity index (χ3n) is 3.86. The van der Waals surface area contributed by atoms with Crippen molar-refractivity contribution in [3.8, 4) is 12.3 Å². The number of amides is 2. The zero-order chi connectivity index (χ0) is 18.7. The average molecular weight is 378 g/mol. The van der Waals surface area contributed by atoms with Crippen LogP contribution < -0.4 is 15.5 Å². The molecule has 1 saturated heterocycles. The lowest BCUT2D eigenvalue weighted by Gasteiger charge is -2.40. The zero-order valence-corrected chi connectivity index (χ0v) is 14.4. The summed E-state index contributed by atoms with van der Waals surface area (Å²) in [6, 6.07) is 5.56. The fourth-order valence-corrected chi connectivity index (χ4v) is 3.11. The molecule has 26 heavy (non-hydrogen) atoms. The van der Waals surface area contributed by atoms with E-state index in [1.54, 1.807) is 34.5 Å². The highest BCUT2D eigenvalue weighted by Gasteiger charge is 2.43. The number of benzene rings is 1. The SMILES string of the molecule is C#Cc1nc(NC(=O)NC(CO)c2ccc(N3CC(F)(F)C3)cc2)cs1. The Bertz CT molecular complexity index is 824. The van der Waals surface area contributed by atoms with Gasteiger partial charge in [0.05, 0.1) is 25.7 Å². The highest BCUT2D eigenvalue weighted by molar-refractivity contribution is 7.10. The maximum atomic E-state index is 12.9. The number of hydrogen-bond donors (Lipinski definition) is 3. The third kappa shape index (κ3) is 4.09. The molecule has 3 rings (SSSR count). The summed E-state index contributed by atoms with van der Waals surface area (Å²) in [7, 11) is 0. The summed E-state index contributed by atoms with van der Waals surface area (Å²) in [5, 5.41) is 16.8. The van der Waals surface area contributed by atoms with E-state index in [1.807, 2.05) is 0 Å². The summed E-state index contributed by atoms with van der Waals surface area (Å²) in [4.78, 5) is 17.6. The van der Waals surface area contributed by atoms with Crippen LogP contribution in [0.25, 0.3) is 0 Å². The van der Waals surface area contributed by atoms with E-state index < -0.39 is 18.0 Å². The molecule has 0 aliphatic carbocycles. The van der Waals surface area contributed by atoms with Gasteiger partial charge in [0.25, 0.3) is 5.92 Å². The number of nitrogens with one attached hydrogen (secondary N) is 2. The van der Waals surface area contributed by atoms with Crippen LogP contribution in [0.5, 0.6) is 0 Å². The van der Waals surface area contributed by atoms with Gasteiger partial charge in [0.2, 0.25) is 0 Å². The largest absolute Gasteiger partial charge is 0.394 e. The van der Waals surface area contributed by atoms with Gasteiger partial charge in [0, 0.05) is 11.1 Å². The molecule has 1 aliphatic rings. The topological polar surface area (TPSA) is 77.5 Å². The first kappa shape index (κ1) is 18.1. The van der Waals surface area contributed by atoms with Crippen molar-refractivity contribution in [2.45, 2.75) is 12.0 Å². The summed E-state index contributed by atoms with van der Waals surface area (Å²) in [5.41, 5.74) is 1.33. The molecule has 2 heterocycles. The van der Waals surface area contributed by atoms with Gasteiger partial charge in [0.15, 0.2) is 5.01 Å². The van der Waals surface area contributed by atoms with Gasteiger partial charge in [-0.3, -0.25) is 5.32 Å². The number of alkyl halides is 2. The van der Waals surface area contributed by atoms with Crippen LogP contribution >= 0.6 is 11.3 Å². The molecular formula is C17H16F2N4O2S. The number of aliphatic hydroxyl groups excluding tert-OH is 1. The van der Waals surface area contributed by atoms with Crippen LogP contribution in [0, 0.1) is 12.3 Å². The predicted octanol–water partition coefficient (Wildman–Crippen LogP) is 2.43. The highest BCUT2D eigenvalue weighted by atomic mass is 32.1. The Morgan fingerprint density at radius 2 is 2.12 bits per heavy atom. The second kappa shape index (κ2) is 7.27. The number of carbonyl (C=O) groups is 1. The monoisotopic (exact) mass is 378 g/mol. The van der Waals surface area contributed by atoms with Gasteiger partial charge in [-0.15, -0.1) is 17.8 Å². The van der Waals surface area contributed by atoms with E-state index in [9.17, 15) is 18.7 Å². The molecule has 0 spiro atoms. The Labute approximate surface area is 152 Å². The number of halogens is 2. The van der Waals surface area contributed by atoms with Crippen molar-refractivity contribution < 1.29 is 18.7 Å². The Balaban J connectivity index is 1.59. The number of aromatic nitrogens is 1. The van der Waals surface area contributed by atoms with Crippen LogP contribution in [0.1, 0.15) is 16.6 Å². The van der Waals surface area contributed by atoms with E-state index in [4.69, 9.17) is 6.42 Å². The van der Waals surface area contributed by atoms with Crippen molar-refractivity contribution in [2.75, 3.05) is 29.9 Å². The number of nitrogens with zero attached hydrogens (tertiary/aromatic N) is 2. The summed E-state index contributed by atoms with van der Waals surface area (Å²) in [5.74, 6) is 0.0594. The smallest absolute Gasteiger partial charge is 0.320 e. The molecule has 1 aliphatic heterocycles. The first-order valence-electron chi connectivity index (χ1n) is 7.73. The van der Waals surface area contributed by atoms with Crippen LogP contribution in [-0.4, -0.2) is 41.7 Å². The van der Waals surface area contributed by atoms with Crippen molar-refractivity contribution in [1.29, 1.82) is 0 Å². The molecule has 3 N–H and O–H groups in total. The van der Waals surface area contributed by atoms with Crippen LogP contribution in [0.2, 0.25) is 0 Å². The van der Waals surface area contributed by atoms with Gasteiger partial charge in [-0.25, -0.2) is 18.6 Å². The van der Waals surface area contributed by atoms with Crippen LogP contribution in [0.4, 0.5) is 25.1 Å². The number of hydrogen-bond acceptors (Lipinski definition) is 5. The van der Waals surface area contributed by atoms with Crippen LogP contribution in [-0.2, 0) is 0 Å². The molecule has 0 saturated carbocycles. The number of anilines is 2. The lowest BCUT2D eigenvalue weighted by atomic mass is 10.0. The molecule has 1 aromatic carbocycles. The zero-order valence-electron chi connectivity index (χ0n) is 13.6. The second-order valence-corrected chi connectivity index (χ2v) is 6.68. The van der Waals surface area contributed by atoms with Crippen molar-refractivity contribution in [3.63, 3.8) is 0 Å². The number of aliphatic hydroxyl groups is 1. The molecule has 2 aromatic rings. The maximum absolute atomic E-state index is 12.9. The molecule has 1 atom stereocenters. The summed E-state index contributed by atoms with van der Waals surface area (Å²) in [6.45, 7) is -0.922. The molecule has 9 heteroatoms. The van der Waals surface area contributed by atoms with Crippen molar-refractivity contribution in [1.82, 2.24) is 10.3 Å². The fraction of sp³-hybridized carbons (Fsp3) is 0.294. The molecule has 6 nitrogen and oxygen atoms in total. The number of rotatable bonds is 5. The third-order valence-corrected chi connectivity index (χ3v) is 4.64. The molecule has 0 bridgehead atoms. The van der Waals surface area contributed by atoms with Crippen molar-refractivity contribution >= 4 is 28.9 Å². The van der Waals surface area contributed by atoms with Crippen LogP contribution in [0.15, 0.2) is 29.6 Å². The molecular weight excluding hydrogens is 362 g/mol. The molecule has 1 fully saturated rings. The molecule has 1 unspecified atom stereocenters. The van der Waals surface area contributed by atoms with Crippen LogP contribution in [0.3, 0.4) is 0 Å². The molecule has 136 valence electrons. The number of urea groups is 1. The van der Waals surface area contributed by atoms with Gasteiger partial charge in [-0.2, -0.15) is 0 Å². The van der Waals surface area contributed by atoms with E-state index in [0.717, 1.165) is 0 Å². The molecule has 2 amide bonds. The van der Waals surface area contributed by atoms with E-state index in [2.05, 4.69) is 21.5 Å². The minimum atomic E-state index is -2.64. The first-order valence-corrected chi connectivity index (χ1v) is 8.61. The second-order valence-electron chi connectivity index (χ2n) is 5.82. The number of terminal acetylenes is 1. The maximum Gasteiger partial charge on any atom is 0.320 e. The number of thiazole rings is 1. The van der Waals surface area contributed by atoms with Crippen molar-refractivity contribution in [2.24, 2.45) is 0 Å². The summed E-state index contributed by atoms with van der Waals surface area (Å²) < 4.78 is 25.9. The van der Waals surface area contributed by atoms with Gasteiger partial charge >= 0.3 is 6.03 Å². The van der Waals surface area contributed by atoms with E-state index in [1.165, 1.54) is 11.3 Å². The molecule has 1 aromatic heterocycles. The van der Waals surface area contributed by atoms with Crippen molar-refractivity contribution in [3.05, 3.63) is 40.2 Å². The summed E-state index contributed by atoms with van der Waals surface area (Å²) in [6.07, 6.45) is 5.23. The van der Waals surface area contributed by atoms with E-state index in [0.29, 0.717) is 22.1 Å².